The molecule has 2 atom stereocenters. The Morgan fingerprint density at radius 2 is 2.31 bits per heavy atom. The molecular formula is C12H19N3O. The molecule has 0 aliphatic heterocycles. The highest BCUT2D eigenvalue weighted by atomic mass is 16.2. The van der Waals surface area contributed by atoms with E-state index in [0.29, 0.717) is 5.82 Å². The van der Waals surface area contributed by atoms with Gasteiger partial charge in [0.2, 0.25) is 5.91 Å². The lowest BCUT2D eigenvalue weighted by Crippen LogP contribution is -2.40. The maximum atomic E-state index is 11.7. The summed E-state index contributed by atoms with van der Waals surface area (Å²) in [7, 11) is 0. The molecule has 16 heavy (non-hydrogen) atoms. The summed E-state index contributed by atoms with van der Waals surface area (Å²) < 4.78 is 0. The van der Waals surface area contributed by atoms with E-state index in [-0.39, 0.29) is 11.8 Å². The Morgan fingerprint density at radius 1 is 1.62 bits per heavy atom. The number of hydrogen-bond acceptors (Lipinski definition) is 3. The normalized spacial score (nSPS) is 14.2. The maximum Gasteiger partial charge on any atom is 0.242 e. The van der Waals surface area contributed by atoms with Gasteiger partial charge in [-0.2, -0.15) is 0 Å². The third-order valence-corrected chi connectivity index (χ3v) is 2.73. The van der Waals surface area contributed by atoms with Gasteiger partial charge in [-0.15, -0.1) is 0 Å². The molecule has 0 aliphatic carbocycles. The second kappa shape index (κ2) is 5.61. The summed E-state index contributed by atoms with van der Waals surface area (Å²) in [5.74, 6) is 0.556. The van der Waals surface area contributed by atoms with Gasteiger partial charge in [-0.1, -0.05) is 20.3 Å². The zero-order chi connectivity index (χ0) is 12.1. The first-order chi connectivity index (χ1) is 7.54. The SMILES string of the molecule is CCC(C)[C@H](N)C(=O)Nc1cc(C)ccn1. The molecule has 0 aromatic carbocycles. The molecule has 1 aromatic rings. The van der Waals surface area contributed by atoms with E-state index in [1.165, 1.54) is 0 Å². The molecule has 0 saturated carbocycles. The van der Waals surface area contributed by atoms with Crippen LogP contribution < -0.4 is 11.1 Å². The highest BCUT2D eigenvalue weighted by Crippen LogP contribution is 2.09. The Labute approximate surface area is 96.3 Å². The first-order valence-corrected chi connectivity index (χ1v) is 5.53. The van der Waals surface area contributed by atoms with Crippen molar-refractivity contribution in [1.29, 1.82) is 0 Å². The fourth-order valence-electron chi connectivity index (χ4n) is 1.33. The van der Waals surface area contributed by atoms with E-state index in [1.807, 2.05) is 32.9 Å². The van der Waals surface area contributed by atoms with E-state index in [4.69, 9.17) is 5.73 Å². The van der Waals surface area contributed by atoms with Crippen molar-refractivity contribution >= 4 is 11.7 Å². The van der Waals surface area contributed by atoms with Crippen LogP contribution in [0.5, 0.6) is 0 Å². The Bertz CT molecular complexity index is 365. The van der Waals surface area contributed by atoms with Gasteiger partial charge < -0.3 is 11.1 Å². The van der Waals surface area contributed by atoms with Crippen LogP contribution in [0.4, 0.5) is 5.82 Å². The number of hydrogen-bond donors (Lipinski definition) is 2. The zero-order valence-electron chi connectivity index (χ0n) is 10.0. The minimum absolute atomic E-state index is 0.171. The van der Waals surface area contributed by atoms with Gasteiger partial charge in [0.15, 0.2) is 0 Å². The fourth-order valence-corrected chi connectivity index (χ4v) is 1.33. The molecule has 0 aliphatic rings. The van der Waals surface area contributed by atoms with Gasteiger partial charge in [-0.3, -0.25) is 4.79 Å². The van der Waals surface area contributed by atoms with Crippen molar-refractivity contribution in [2.45, 2.75) is 33.2 Å². The highest BCUT2D eigenvalue weighted by Gasteiger charge is 2.19. The second-order valence-corrected chi connectivity index (χ2v) is 4.12. The van der Waals surface area contributed by atoms with Crippen LogP contribution in [-0.4, -0.2) is 16.9 Å². The molecule has 1 amide bonds. The van der Waals surface area contributed by atoms with E-state index in [9.17, 15) is 4.79 Å². The van der Waals surface area contributed by atoms with Gasteiger partial charge in [0, 0.05) is 6.20 Å². The third kappa shape index (κ3) is 3.31. The Balaban J connectivity index is 2.64. The predicted molar refractivity (Wildman–Crippen MR) is 65.0 cm³/mol. The molecule has 0 radical (unpaired) electrons. The van der Waals surface area contributed by atoms with Gasteiger partial charge in [-0.25, -0.2) is 4.98 Å². The molecule has 1 heterocycles. The summed E-state index contributed by atoms with van der Waals surface area (Å²) in [5, 5.41) is 2.72. The number of aryl methyl sites for hydroxylation is 1. The molecule has 4 nitrogen and oxygen atoms in total. The molecule has 1 rings (SSSR count). The Morgan fingerprint density at radius 3 is 2.88 bits per heavy atom. The number of anilines is 1. The number of nitrogens with two attached hydrogens (primary N) is 1. The molecule has 88 valence electrons. The van der Waals surface area contributed by atoms with Crippen LogP contribution in [0.3, 0.4) is 0 Å². The van der Waals surface area contributed by atoms with Gasteiger partial charge in [0.25, 0.3) is 0 Å². The number of pyridine rings is 1. The summed E-state index contributed by atoms with van der Waals surface area (Å²) in [5.41, 5.74) is 6.88. The Hall–Kier alpha value is -1.42. The lowest BCUT2D eigenvalue weighted by molar-refractivity contribution is -0.118. The first kappa shape index (κ1) is 12.6. The van der Waals surface area contributed by atoms with Gasteiger partial charge >= 0.3 is 0 Å². The standard InChI is InChI=1S/C12H19N3O/c1-4-9(3)11(13)12(16)15-10-7-8(2)5-6-14-10/h5-7,9,11H,4,13H2,1-3H3,(H,14,15,16)/t9?,11-/m0/s1. The van der Waals surface area contributed by atoms with E-state index >= 15 is 0 Å². The minimum Gasteiger partial charge on any atom is -0.320 e. The van der Waals surface area contributed by atoms with Crippen LogP contribution in [0.1, 0.15) is 25.8 Å². The molecule has 0 fully saturated rings. The smallest absolute Gasteiger partial charge is 0.242 e. The summed E-state index contributed by atoms with van der Waals surface area (Å²) in [4.78, 5) is 15.8. The summed E-state index contributed by atoms with van der Waals surface area (Å²) in [6.07, 6.45) is 2.55. The lowest BCUT2D eigenvalue weighted by Gasteiger charge is -2.17. The molecule has 1 unspecified atom stereocenters. The fraction of sp³-hybridized carbons (Fsp3) is 0.500. The van der Waals surface area contributed by atoms with Crippen molar-refractivity contribution in [2.24, 2.45) is 11.7 Å². The van der Waals surface area contributed by atoms with E-state index in [0.717, 1.165) is 12.0 Å². The van der Waals surface area contributed by atoms with Crippen molar-refractivity contribution in [1.82, 2.24) is 4.98 Å². The van der Waals surface area contributed by atoms with Crippen LogP contribution in [0.25, 0.3) is 0 Å². The van der Waals surface area contributed by atoms with Crippen molar-refractivity contribution < 1.29 is 4.79 Å². The van der Waals surface area contributed by atoms with Crippen LogP contribution >= 0.6 is 0 Å². The monoisotopic (exact) mass is 221 g/mol. The molecule has 3 N–H and O–H groups in total. The first-order valence-electron chi connectivity index (χ1n) is 5.53. The maximum absolute atomic E-state index is 11.7. The highest BCUT2D eigenvalue weighted by molar-refractivity contribution is 5.94. The number of nitrogens with zero attached hydrogens (tertiary/aromatic N) is 1. The summed E-state index contributed by atoms with van der Waals surface area (Å²) in [6, 6.07) is 3.22. The molecule has 0 saturated heterocycles. The van der Waals surface area contributed by atoms with Crippen molar-refractivity contribution in [3.63, 3.8) is 0 Å². The van der Waals surface area contributed by atoms with Crippen molar-refractivity contribution in [2.75, 3.05) is 5.32 Å². The number of rotatable bonds is 4. The predicted octanol–water partition coefficient (Wildman–Crippen LogP) is 1.70. The van der Waals surface area contributed by atoms with E-state index < -0.39 is 6.04 Å². The van der Waals surface area contributed by atoms with Crippen molar-refractivity contribution in [3.05, 3.63) is 23.9 Å². The molecule has 4 heteroatoms. The van der Waals surface area contributed by atoms with Gasteiger partial charge in [-0.05, 0) is 30.5 Å². The van der Waals surface area contributed by atoms with Gasteiger partial charge in [0.05, 0.1) is 6.04 Å². The minimum atomic E-state index is -0.479. The van der Waals surface area contributed by atoms with E-state index in [1.54, 1.807) is 6.20 Å². The zero-order valence-corrected chi connectivity index (χ0v) is 10.0. The topological polar surface area (TPSA) is 68.0 Å². The van der Waals surface area contributed by atoms with Crippen LogP contribution in [0.2, 0.25) is 0 Å². The Kier molecular flexibility index (Phi) is 4.43. The largest absolute Gasteiger partial charge is 0.320 e. The van der Waals surface area contributed by atoms with Crippen LogP contribution in [0, 0.1) is 12.8 Å². The quantitative estimate of drug-likeness (QED) is 0.813. The average Bonchev–Trinajstić information content (AvgIpc) is 2.27. The summed E-state index contributed by atoms with van der Waals surface area (Å²) in [6.45, 7) is 5.93. The lowest BCUT2D eigenvalue weighted by atomic mass is 9.99. The third-order valence-electron chi connectivity index (χ3n) is 2.73. The van der Waals surface area contributed by atoms with E-state index in [2.05, 4.69) is 10.3 Å². The van der Waals surface area contributed by atoms with Gasteiger partial charge in [0.1, 0.15) is 5.82 Å². The second-order valence-electron chi connectivity index (χ2n) is 4.12. The van der Waals surface area contributed by atoms with Crippen LogP contribution in [-0.2, 0) is 4.79 Å². The molecule has 0 bridgehead atoms. The average molecular weight is 221 g/mol. The number of nitrogens with one attached hydrogen (secondary N) is 1. The van der Waals surface area contributed by atoms with Crippen molar-refractivity contribution in [3.8, 4) is 0 Å². The molecule has 0 spiro atoms. The molecule has 1 aromatic heterocycles. The van der Waals surface area contributed by atoms with Crippen LogP contribution in [0.15, 0.2) is 18.3 Å². The molecular weight excluding hydrogens is 202 g/mol. The number of aromatic nitrogens is 1. The summed E-state index contributed by atoms with van der Waals surface area (Å²) >= 11 is 0. The number of carbonyl (C=O) groups excluding carboxylic acids is 1. The number of amides is 1. The number of carbonyl (C=O) groups is 1.